The molecule has 13 heavy (non-hydrogen) atoms. The van der Waals surface area contributed by atoms with Crippen LogP contribution in [0.2, 0.25) is 0 Å². The van der Waals surface area contributed by atoms with Gasteiger partial charge in [-0.05, 0) is 6.92 Å². The van der Waals surface area contributed by atoms with Crippen molar-refractivity contribution in [2.75, 3.05) is 26.3 Å². The van der Waals surface area contributed by atoms with Gasteiger partial charge in [-0.1, -0.05) is 0 Å². The summed E-state index contributed by atoms with van der Waals surface area (Å²) < 4.78 is 27.7. The summed E-state index contributed by atoms with van der Waals surface area (Å²) in [6, 6.07) is 0. The van der Waals surface area contributed by atoms with E-state index in [0.717, 1.165) is 0 Å². The first kappa shape index (κ1) is 12.1. The Labute approximate surface area is 76.2 Å². The Kier molecular flexibility index (Phi) is 7.18. The number of nitrogens with two attached hydrogens (primary N) is 1. The Morgan fingerprint density at radius 3 is 2.85 bits per heavy atom. The number of nitrogens with zero attached hydrogens (tertiary/aromatic N) is 1. The molecule has 0 saturated carbocycles. The van der Waals surface area contributed by atoms with Gasteiger partial charge in [0.1, 0.15) is 6.61 Å². The lowest BCUT2D eigenvalue weighted by Crippen LogP contribution is -2.31. The third kappa shape index (κ3) is 9.00. The molecule has 0 aromatic heterocycles. The van der Waals surface area contributed by atoms with Gasteiger partial charge in [-0.15, -0.1) is 0 Å². The van der Waals surface area contributed by atoms with Crippen LogP contribution in [0.25, 0.3) is 0 Å². The van der Waals surface area contributed by atoms with Gasteiger partial charge in [-0.25, -0.2) is 8.78 Å². The smallest absolute Gasteiger partial charge is 0.261 e. The van der Waals surface area contributed by atoms with Crippen molar-refractivity contribution in [1.29, 1.82) is 0 Å². The van der Waals surface area contributed by atoms with E-state index in [2.05, 4.69) is 15.0 Å². The molecular weight excluding hydrogens is 180 g/mol. The normalized spacial score (nSPS) is 12.2. The molecule has 0 rings (SSSR count). The first-order valence-electron chi connectivity index (χ1n) is 4.06. The van der Waals surface area contributed by atoms with Crippen LogP contribution in [0.5, 0.6) is 0 Å². The molecule has 6 heteroatoms. The molecular formula is C7H15F2N3O. The van der Waals surface area contributed by atoms with Crippen LogP contribution < -0.4 is 11.1 Å². The molecule has 0 spiro atoms. The maximum absolute atomic E-state index is 11.5. The summed E-state index contributed by atoms with van der Waals surface area (Å²) in [6.07, 6.45) is -2.42. The standard InChI is InChI=1S/C7H15F2N3O/c1-2-11-7(10)12-3-4-13-5-6(8)9/h6H,2-5H2,1H3,(H3,10,11,12). The highest BCUT2D eigenvalue weighted by molar-refractivity contribution is 5.77. The molecule has 0 amide bonds. The number of rotatable bonds is 6. The molecule has 0 radical (unpaired) electrons. The molecule has 0 fully saturated rings. The molecule has 4 nitrogen and oxygen atoms in total. The van der Waals surface area contributed by atoms with Crippen LogP contribution in [0.15, 0.2) is 4.99 Å². The number of guanidine groups is 1. The van der Waals surface area contributed by atoms with Gasteiger partial charge in [0, 0.05) is 6.54 Å². The van der Waals surface area contributed by atoms with Crippen molar-refractivity contribution in [3.05, 3.63) is 0 Å². The summed E-state index contributed by atoms with van der Waals surface area (Å²) in [5, 5.41) is 2.77. The summed E-state index contributed by atoms with van der Waals surface area (Å²) in [5.74, 6) is 0.308. The van der Waals surface area contributed by atoms with Crippen molar-refractivity contribution >= 4 is 5.96 Å². The average molecular weight is 195 g/mol. The van der Waals surface area contributed by atoms with Gasteiger partial charge < -0.3 is 15.8 Å². The van der Waals surface area contributed by atoms with Crippen LogP contribution in [0.3, 0.4) is 0 Å². The molecule has 0 heterocycles. The lowest BCUT2D eigenvalue weighted by atomic mass is 10.6. The van der Waals surface area contributed by atoms with Crippen molar-refractivity contribution in [2.24, 2.45) is 10.7 Å². The van der Waals surface area contributed by atoms with Crippen molar-refractivity contribution in [1.82, 2.24) is 5.32 Å². The monoisotopic (exact) mass is 195 g/mol. The molecule has 0 aliphatic rings. The number of alkyl halides is 2. The maximum Gasteiger partial charge on any atom is 0.261 e. The fourth-order valence-corrected chi connectivity index (χ4v) is 0.640. The zero-order chi connectivity index (χ0) is 10.1. The molecule has 0 saturated heterocycles. The van der Waals surface area contributed by atoms with E-state index >= 15 is 0 Å². The minimum absolute atomic E-state index is 0.163. The average Bonchev–Trinajstić information content (AvgIpc) is 2.03. The first-order chi connectivity index (χ1) is 6.16. The second-order valence-corrected chi connectivity index (χ2v) is 2.26. The lowest BCUT2D eigenvalue weighted by Gasteiger charge is -2.02. The summed E-state index contributed by atoms with van der Waals surface area (Å²) >= 11 is 0. The second-order valence-electron chi connectivity index (χ2n) is 2.26. The van der Waals surface area contributed by atoms with Crippen LogP contribution in [0.1, 0.15) is 6.92 Å². The van der Waals surface area contributed by atoms with E-state index in [1.54, 1.807) is 0 Å². The third-order valence-corrected chi connectivity index (χ3v) is 1.12. The zero-order valence-electron chi connectivity index (χ0n) is 7.59. The highest BCUT2D eigenvalue weighted by Gasteiger charge is 2.00. The molecule has 0 bridgehead atoms. The minimum Gasteiger partial charge on any atom is -0.374 e. The Morgan fingerprint density at radius 1 is 1.62 bits per heavy atom. The third-order valence-electron chi connectivity index (χ3n) is 1.12. The number of hydrogen-bond acceptors (Lipinski definition) is 2. The van der Waals surface area contributed by atoms with Gasteiger partial charge in [0.05, 0.1) is 13.2 Å². The van der Waals surface area contributed by atoms with Crippen molar-refractivity contribution in [3.63, 3.8) is 0 Å². The van der Waals surface area contributed by atoms with E-state index in [9.17, 15) is 8.78 Å². The van der Waals surface area contributed by atoms with E-state index in [1.165, 1.54) is 0 Å². The molecule has 0 aromatic carbocycles. The number of hydrogen-bond donors (Lipinski definition) is 2. The molecule has 0 atom stereocenters. The van der Waals surface area contributed by atoms with Gasteiger partial charge in [-0.2, -0.15) is 0 Å². The molecule has 0 aliphatic heterocycles. The highest BCUT2D eigenvalue weighted by Crippen LogP contribution is 1.91. The SMILES string of the molecule is CCNC(N)=NCCOCC(F)F. The summed E-state index contributed by atoms with van der Waals surface area (Å²) in [6.45, 7) is 2.49. The fourth-order valence-electron chi connectivity index (χ4n) is 0.640. The molecule has 3 N–H and O–H groups in total. The van der Waals surface area contributed by atoms with Gasteiger partial charge in [0.2, 0.25) is 0 Å². The highest BCUT2D eigenvalue weighted by atomic mass is 19.3. The van der Waals surface area contributed by atoms with E-state index in [-0.39, 0.29) is 6.61 Å². The van der Waals surface area contributed by atoms with Crippen molar-refractivity contribution in [3.8, 4) is 0 Å². The summed E-state index contributed by atoms with van der Waals surface area (Å²) in [7, 11) is 0. The fraction of sp³-hybridized carbons (Fsp3) is 0.857. The number of aliphatic imine (C=N–C) groups is 1. The second kappa shape index (κ2) is 7.72. The molecule has 0 aliphatic carbocycles. The van der Waals surface area contributed by atoms with Gasteiger partial charge in [-0.3, -0.25) is 4.99 Å². The van der Waals surface area contributed by atoms with E-state index in [4.69, 9.17) is 5.73 Å². The van der Waals surface area contributed by atoms with Crippen LogP contribution in [-0.2, 0) is 4.74 Å². The van der Waals surface area contributed by atoms with Gasteiger partial charge in [0.25, 0.3) is 6.43 Å². The summed E-state index contributed by atoms with van der Waals surface area (Å²) in [4.78, 5) is 3.82. The van der Waals surface area contributed by atoms with E-state index in [0.29, 0.717) is 19.0 Å². The Morgan fingerprint density at radius 2 is 2.31 bits per heavy atom. The zero-order valence-corrected chi connectivity index (χ0v) is 7.59. The Hall–Kier alpha value is -0.910. The van der Waals surface area contributed by atoms with Crippen LogP contribution in [-0.4, -0.2) is 38.7 Å². The maximum atomic E-state index is 11.5. The van der Waals surface area contributed by atoms with E-state index in [1.807, 2.05) is 6.92 Å². The van der Waals surface area contributed by atoms with Crippen molar-refractivity contribution < 1.29 is 13.5 Å². The van der Waals surface area contributed by atoms with Crippen LogP contribution in [0.4, 0.5) is 8.78 Å². The Bertz CT molecular complexity index is 153. The van der Waals surface area contributed by atoms with E-state index < -0.39 is 13.0 Å². The molecule has 0 aromatic rings. The van der Waals surface area contributed by atoms with Gasteiger partial charge >= 0.3 is 0 Å². The largest absolute Gasteiger partial charge is 0.374 e. The molecule has 78 valence electrons. The van der Waals surface area contributed by atoms with Crippen LogP contribution in [0, 0.1) is 0 Å². The lowest BCUT2D eigenvalue weighted by molar-refractivity contribution is 0.0207. The predicted molar refractivity (Wildman–Crippen MR) is 47.0 cm³/mol. The minimum atomic E-state index is -2.42. The summed E-state index contributed by atoms with van der Waals surface area (Å²) in [5.41, 5.74) is 5.36. The topological polar surface area (TPSA) is 59.6 Å². The quantitative estimate of drug-likeness (QED) is 0.361. The number of ether oxygens (including phenoxy) is 1. The van der Waals surface area contributed by atoms with Crippen molar-refractivity contribution in [2.45, 2.75) is 13.3 Å². The Balaban J connectivity index is 3.28. The number of halogens is 2. The molecule has 0 unspecified atom stereocenters. The number of nitrogens with one attached hydrogen (secondary N) is 1. The van der Waals surface area contributed by atoms with Crippen LogP contribution >= 0.6 is 0 Å². The van der Waals surface area contributed by atoms with Gasteiger partial charge in [0.15, 0.2) is 5.96 Å². The predicted octanol–water partition coefficient (Wildman–Crippen LogP) is 0.192. The first-order valence-corrected chi connectivity index (χ1v) is 4.06.